The lowest BCUT2D eigenvalue weighted by Crippen LogP contribution is -2.43. The number of amides is 2. The number of likely N-dealkylation sites (tertiary alicyclic amines) is 1. The van der Waals surface area contributed by atoms with Crippen molar-refractivity contribution in [1.29, 1.82) is 0 Å². The molecule has 2 saturated heterocycles. The first-order chi connectivity index (χ1) is 10.6. The molecule has 2 N–H and O–H groups in total. The maximum atomic E-state index is 12.2. The van der Waals surface area contributed by atoms with Crippen LogP contribution in [0.25, 0.3) is 0 Å². The lowest BCUT2D eigenvalue weighted by molar-refractivity contribution is -0.146. The minimum absolute atomic E-state index is 0.170. The van der Waals surface area contributed by atoms with Gasteiger partial charge in [-0.2, -0.15) is 0 Å². The summed E-state index contributed by atoms with van der Waals surface area (Å²) < 4.78 is 5.48. The van der Waals surface area contributed by atoms with E-state index in [0.29, 0.717) is 25.9 Å². The van der Waals surface area contributed by atoms with Gasteiger partial charge in [0, 0.05) is 26.1 Å². The molecule has 0 spiro atoms. The Morgan fingerprint density at radius 3 is 2.68 bits per heavy atom. The Balaban J connectivity index is 1.46. The van der Waals surface area contributed by atoms with Gasteiger partial charge in [0.25, 0.3) is 0 Å². The molecule has 3 heterocycles. The number of nitrogens with zero attached hydrogens (tertiary/aromatic N) is 1. The zero-order valence-corrected chi connectivity index (χ0v) is 12.2. The Kier molecular flexibility index (Phi) is 4.15. The fraction of sp³-hybridized carbons (Fsp3) is 0.667. The molecule has 22 heavy (non-hydrogen) atoms. The molecule has 0 radical (unpaired) electrons. The van der Waals surface area contributed by atoms with Crippen LogP contribution in [0.4, 0.5) is 0 Å². The quantitative estimate of drug-likeness (QED) is 0.522. The van der Waals surface area contributed by atoms with Gasteiger partial charge in [0.2, 0.25) is 11.8 Å². The highest BCUT2D eigenvalue weighted by molar-refractivity contribution is 5.87. The van der Waals surface area contributed by atoms with Crippen molar-refractivity contribution in [3.63, 3.8) is 0 Å². The number of carbonyl (C=O) groups is 3. The van der Waals surface area contributed by atoms with E-state index in [1.807, 2.05) is 0 Å². The lowest BCUT2D eigenvalue weighted by Gasteiger charge is -2.21. The molecule has 0 unspecified atom stereocenters. The smallest absolute Gasteiger partial charge is 0.310 e. The molecule has 2 bridgehead atoms. The van der Waals surface area contributed by atoms with E-state index in [1.165, 1.54) is 0 Å². The molecule has 0 saturated carbocycles. The molecule has 3 aliphatic heterocycles. The molecule has 120 valence electrons. The number of nitrogens with one attached hydrogen (secondary N) is 1. The van der Waals surface area contributed by atoms with Crippen molar-refractivity contribution in [2.45, 2.75) is 31.5 Å². The van der Waals surface area contributed by atoms with Gasteiger partial charge in [-0.25, -0.2) is 0 Å². The topological polar surface area (TPSA) is 95.9 Å². The van der Waals surface area contributed by atoms with Crippen molar-refractivity contribution in [2.24, 2.45) is 11.8 Å². The van der Waals surface area contributed by atoms with E-state index < -0.39 is 30.0 Å². The molecule has 7 heteroatoms. The summed E-state index contributed by atoms with van der Waals surface area (Å²) in [4.78, 5) is 36.8. The average Bonchev–Trinajstić information content (AvgIpc) is 3.18. The minimum Gasteiger partial charge on any atom is -0.481 e. The summed E-state index contributed by atoms with van der Waals surface area (Å²) in [5, 5.41) is 12.0. The first-order valence-electron chi connectivity index (χ1n) is 7.70. The van der Waals surface area contributed by atoms with Crippen molar-refractivity contribution < 1.29 is 24.2 Å². The number of fused-ring (bicyclic) bond motifs is 2. The van der Waals surface area contributed by atoms with E-state index in [4.69, 9.17) is 4.74 Å². The number of aliphatic carboxylic acids is 1. The third-order valence-electron chi connectivity index (χ3n) is 4.56. The van der Waals surface area contributed by atoms with Gasteiger partial charge in [0.15, 0.2) is 0 Å². The molecule has 0 aromatic carbocycles. The van der Waals surface area contributed by atoms with E-state index >= 15 is 0 Å². The van der Waals surface area contributed by atoms with Crippen molar-refractivity contribution in [3.8, 4) is 0 Å². The molecule has 0 aromatic heterocycles. The Bertz CT molecular complexity index is 518. The summed E-state index contributed by atoms with van der Waals surface area (Å²) in [5.41, 5.74) is 0. The van der Waals surface area contributed by atoms with E-state index in [2.05, 4.69) is 5.32 Å². The summed E-state index contributed by atoms with van der Waals surface area (Å²) in [7, 11) is 0. The third-order valence-corrected chi connectivity index (χ3v) is 4.56. The van der Waals surface area contributed by atoms with Crippen molar-refractivity contribution >= 4 is 17.8 Å². The van der Waals surface area contributed by atoms with E-state index in [-0.39, 0.29) is 11.8 Å². The van der Waals surface area contributed by atoms with Crippen LogP contribution < -0.4 is 5.32 Å². The molecule has 4 atom stereocenters. The van der Waals surface area contributed by atoms with Crippen LogP contribution in [0.2, 0.25) is 0 Å². The van der Waals surface area contributed by atoms with Gasteiger partial charge in [-0.05, 0) is 12.8 Å². The fourth-order valence-electron chi connectivity index (χ4n) is 3.45. The summed E-state index contributed by atoms with van der Waals surface area (Å²) in [6.07, 6.45) is 4.73. The Morgan fingerprint density at radius 1 is 1.32 bits per heavy atom. The standard InChI is InChI=1S/C15H20N2O5/c18-11-3-1-7-17(11)8-2-6-16-14(19)12-9-4-5-10(22-9)13(12)15(20)21/h4-5,9-10,12-13H,1-3,6-8H2,(H,16,19)(H,20,21)/t9-,10-,12-,13-/m1/s1. The molecular weight excluding hydrogens is 288 g/mol. The van der Waals surface area contributed by atoms with Crippen LogP contribution >= 0.6 is 0 Å². The van der Waals surface area contributed by atoms with E-state index in [1.54, 1.807) is 17.1 Å². The largest absolute Gasteiger partial charge is 0.481 e. The van der Waals surface area contributed by atoms with Crippen molar-refractivity contribution in [1.82, 2.24) is 10.2 Å². The second-order valence-corrected chi connectivity index (χ2v) is 5.97. The Labute approximate surface area is 128 Å². The van der Waals surface area contributed by atoms with Crippen LogP contribution in [0.3, 0.4) is 0 Å². The average molecular weight is 308 g/mol. The summed E-state index contributed by atoms with van der Waals surface area (Å²) in [6, 6.07) is 0. The Hall–Kier alpha value is -1.89. The van der Waals surface area contributed by atoms with Crippen LogP contribution in [-0.4, -0.2) is 59.6 Å². The maximum absolute atomic E-state index is 12.2. The zero-order chi connectivity index (χ0) is 15.7. The summed E-state index contributed by atoms with van der Waals surface area (Å²) >= 11 is 0. The van der Waals surface area contributed by atoms with Crippen LogP contribution in [0.5, 0.6) is 0 Å². The van der Waals surface area contributed by atoms with Crippen molar-refractivity contribution in [2.75, 3.05) is 19.6 Å². The van der Waals surface area contributed by atoms with Gasteiger partial charge in [0.1, 0.15) is 5.92 Å². The Morgan fingerprint density at radius 2 is 2.05 bits per heavy atom. The molecule has 3 rings (SSSR count). The van der Waals surface area contributed by atoms with E-state index in [9.17, 15) is 19.5 Å². The van der Waals surface area contributed by atoms with Gasteiger partial charge < -0.3 is 20.1 Å². The SMILES string of the molecule is O=C(O)[C@H]1[C@H](C(=O)NCCCN2CCCC2=O)[C@H]2C=C[C@H]1O2. The second-order valence-electron chi connectivity index (χ2n) is 5.97. The molecule has 7 nitrogen and oxygen atoms in total. The van der Waals surface area contributed by atoms with Gasteiger partial charge in [-0.3, -0.25) is 14.4 Å². The number of carbonyl (C=O) groups excluding carboxylic acids is 2. The fourth-order valence-corrected chi connectivity index (χ4v) is 3.45. The van der Waals surface area contributed by atoms with Crippen LogP contribution in [0.1, 0.15) is 19.3 Å². The molecule has 0 aliphatic carbocycles. The highest BCUT2D eigenvalue weighted by Crippen LogP contribution is 2.39. The van der Waals surface area contributed by atoms with Crippen LogP contribution in [0, 0.1) is 11.8 Å². The number of hydrogen-bond donors (Lipinski definition) is 2. The second kappa shape index (κ2) is 6.08. The molecular formula is C15H20N2O5. The molecule has 2 amide bonds. The van der Waals surface area contributed by atoms with Crippen LogP contribution in [0.15, 0.2) is 12.2 Å². The summed E-state index contributed by atoms with van der Waals surface area (Å²) in [5.74, 6) is -2.59. The maximum Gasteiger partial charge on any atom is 0.310 e. The minimum atomic E-state index is -1.00. The monoisotopic (exact) mass is 308 g/mol. The molecule has 2 fully saturated rings. The van der Waals surface area contributed by atoms with Gasteiger partial charge in [0.05, 0.1) is 18.1 Å². The number of carboxylic acids is 1. The van der Waals surface area contributed by atoms with Crippen LogP contribution in [-0.2, 0) is 19.1 Å². The first kappa shape index (κ1) is 15.0. The molecule has 0 aromatic rings. The predicted octanol–water partition coefficient (Wildman–Crippen LogP) is -0.231. The number of hydrogen-bond acceptors (Lipinski definition) is 4. The van der Waals surface area contributed by atoms with Crippen molar-refractivity contribution in [3.05, 3.63) is 12.2 Å². The predicted molar refractivity (Wildman–Crippen MR) is 75.9 cm³/mol. The molecule has 3 aliphatic rings. The first-order valence-corrected chi connectivity index (χ1v) is 7.70. The number of rotatable bonds is 6. The summed E-state index contributed by atoms with van der Waals surface area (Å²) in [6.45, 7) is 1.86. The van der Waals surface area contributed by atoms with Gasteiger partial charge in [-0.1, -0.05) is 12.2 Å². The zero-order valence-electron chi connectivity index (χ0n) is 12.2. The van der Waals surface area contributed by atoms with Gasteiger partial charge >= 0.3 is 5.97 Å². The highest BCUT2D eigenvalue weighted by atomic mass is 16.5. The number of carboxylic acid groups (broad SMARTS) is 1. The normalized spacial score (nSPS) is 32.7. The lowest BCUT2D eigenvalue weighted by atomic mass is 9.82. The highest BCUT2D eigenvalue weighted by Gasteiger charge is 2.53. The van der Waals surface area contributed by atoms with Gasteiger partial charge in [-0.15, -0.1) is 0 Å². The van der Waals surface area contributed by atoms with E-state index in [0.717, 1.165) is 13.0 Å². The number of ether oxygens (including phenoxy) is 1. The third kappa shape index (κ3) is 2.72.